The molecule has 0 saturated carbocycles. The topological polar surface area (TPSA) is 91.8 Å². The molecule has 1 aromatic heterocycles. The van der Waals surface area contributed by atoms with Crippen molar-refractivity contribution in [2.75, 3.05) is 18.4 Å². The lowest BCUT2D eigenvalue weighted by molar-refractivity contribution is -0.0219. The molecule has 2 atom stereocenters. The van der Waals surface area contributed by atoms with Gasteiger partial charge in [0.25, 0.3) is 0 Å². The predicted octanol–water partition coefficient (Wildman–Crippen LogP) is 1.17. The Morgan fingerprint density at radius 2 is 2.00 bits per heavy atom. The molecule has 2 fully saturated rings. The van der Waals surface area contributed by atoms with Crippen LogP contribution in [-0.4, -0.2) is 52.3 Å². The number of nitrogens with one attached hydrogen (secondary N) is 1. The Bertz CT molecular complexity index is 536. The molecule has 20 heavy (non-hydrogen) atoms. The third-order valence-corrected chi connectivity index (χ3v) is 3.57. The first-order chi connectivity index (χ1) is 9.61. The first kappa shape index (κ1) is 12.9. The number of anilines is 1. The zero-order chi connectivity index (χ0) is 14.1. The molecule has 3 heterocycles. The molecular formula is C13H15N3O4. The number of nitrogens with zero attached hydrogens (tertiary/aromatic N) is 2. The van der Waals surface area contributed by atoms with Crippen molar-refractivity contribution in [3.63, 3.8) is 0 Å². The molecule has 0 radical (unpaired) electrons. The van der Waals surface area contributed by atoms with Gasteiger partial charge in [-0.1, -0.05) is 0 Å². The average Bonchev–Trinajstić information content (AvgIpc) is 2.77. The minimum atomic E-state index is -1.07. The summed E-state index contributed by atoms with van der Waals surface area (Å²) in [5.41, 5.74) is 0.429. The van der Waals surface area contributed by atoms with Gasteiger partial charge in [0.2, 0.25) is 0 Å². The van der Waals surface area contributed by atoms with Crippen LogP contribution >= 0.6 is 0 Å². The largest absolute Gasteiger partial charge is 0.478 e. The summed E-state index contributed by atoms with van der Waals surface area (Å²) in [5, 5.41) is 11.6. The molecule has 0 aromatic carbocycles. The highest BCUT2D eigenvalue weighted by molar-refractivity contribution is 5.92. The Labute approximate surface area is 115 Å². The normalized spacial score (nSPS) is 24.5. The van der Waals surface area contributed by atoms with E-state index in [2.05, 4.69) is 10.3 Å². The summed E-state index contributed by atoms with van der Waals surface area (Å²) < 4.78 is 5.67. The second-order valence-electron chi connectivity index (χ2n) is 5.06. The van der Waals surface area contributed by atoms with Gasteiger partial charge >= 0.3 is 12.0 Å². The molecule has 3 rings (SSSR count). The Morgan fingerprint density at radius 3 is 2.65 bits per heavy atom. The summed E-state index contributed by atoms with van der Waals surface area (Å²) >= 11 is 0. The van der Waals surface area contributed by atoms with E-state index in [-0.39, 0.29) is 23.8 Å². The van der Waals surface area contributed by atoms with Crippen molar-refractivity contribution in [2.45, 2.75) is 25.0 Å². The maximum absolute atomic E-state index is 12.2. The maximum atomic E-state index is 12.2. The number of morpholine rings is 1. The number of fused-ring (bicyclic) bond motifs is 2. The molecule has 2 saturated heterocycles. The first-order valence-corrected chi connectivity index (χ1v) is 6.51. The van der Waals surface area contributed by atoms with Gasteiger partial charge in [-0.05, 0) is 18.9 Å². The smallest absolute Gasteiger partial charge is 0.337 e. The Hall–Kier alpha value is -2.15. The molecule has 2 bridgehead atoms. The number of urea groups is 1. The molecule has 2 aliphatic rings. The van der Waals surface area contributed by atoms with Gasteiger partial charge in [0.05, 0.1) is 29.7 Å². The van der Waals surface area contributed by atoms with Crippen LogP contribution in [0.25, 0.3) is 0 Å². The number of amides is 2. The lowest BCUT2D eigenvalue weighted by Crippen LogP contribution is -2.47. The lowest BCUT2D eigenvalue weighted by atomic mass is 10.2. The molecule has 2 N–H and O–H groups in total. The average molecular weight is 277 g/mol. The van der Waals surface area contributed by atoms with Crippen molar-refractivity contribution in [2.24, 2.45) is 0 Å². The van der Waals surface area contributed by atoms with Crippen molar-refractivity contribution in [3.05, 3.63) is 24.0 Å². The first-order valence-electron chi connectivity index (χ1n) is 6.51. The molecule has 2 amide bonds. The highest BCUT2D eigenvalue weighted by Gasteiger charge is 2.35. The van der Waals surface area contributed by atoms with E-state index in [9.17, 15) is 9.59 Å². The van der Waals surface area contributed by atoms with Gasteiger partial charge in [0.1, 0.15) is 0 Å². The van der Waals surface area contributed by atoms with E-state index in [1.807, 2.05) is 0 Å². The molecule has 7 nitrogen and oxygen atoms in total. The monoisotopic (exact) mass is 277 g/mol. The van der Waals surface area contributed by atoms with Crippen LogP contribution in [0.3, 0.4) is 0 Å². The number of aromatic carboxylic acids is 1. The SMILES string of the molecule is O=C(O)c1cncc(NC(=O)N2CC3CCC(C2)O3)c1. The number of hydrogen-bond donors (Lipinski definition) is 2. The standard InChI is InChI=1S/C13H15N3O4/c17-12(18)8-3-9(5-14-4-8)15-13(19)16-6-10-1-2-11(7-16)20-10/h3-5,10-11H,1-2,6-7H2,(H,15,19)(H,17,18). The van der Waals surface area contributed by atoms with Crippen molar-refractivity contribution in [3.8, 4) is 0 Å². The van der Waals surface area contributed by atoms with Crippen LogP contribution in [0.4, 0.5) is 10.5 Å². The van der Waals surface area contributed by atoms with Crippen molar-refractivity contribution < 1.29 is 19.4 Å². The highest BCUT2D eigenvalue weighted by atomic mass is 16.5. The predicted molar refractivity (Wildman–Crippen MR) is 69.7 cm³/mol. The van der Waals surface area contributed by atoms with Gasteiger partial charge in [0.15, 0.2) is 0 Å². The summed E-state index contributed by atoms with van der Waals surface area (Å²) in [7, 11) is 0. The number of carbonyl (C=O) groups is 2. The summed E-state index contributed by atoms with van der Waals surface area (Å²) in [6, 6.07) is 1.15. The summed E-state index contributed by atoms with van der Waals surface area (Å²) in [5.74, 6) is -1.07. The number of carboxylic acid groups (broad SMARTS) is 1. The van der Waals surface area contributed by atoms with Crippen LogP contribution < -0.4 is 5.32 Å². The third kappa shape index (κ3) is 2.57. The van der Waals surface area contributed by atoms with E-state index < -0.39 is 5.97 Å². The number of aromatic nitrogens is 1. The third-order valence-electron chi connectivity index (χ3n) is 3.57. The molecule has 106 valence electrons. The molecule has 2 unspecified atom stereocenters. The zero-order valence-electron chi connectivity index (χ0n) is 10.8. The summed E-state index contributed by atoms with van der Waals surface area (Å²) in [4.78, 5) is 28.5. The van der Waals surface area contributed by atoms with E-state index in [0.717, 1.165) is 12.8 Å². The summed E-state index contributed by atoms with van der Waals surface area (Å²) in [6.07, 6.45) is 4.91. The lowest BCUT2D eigenvalue weighted by Gasteiger charge is -2.32. The number of carboxylic acids is 1. The van der Waals surface area contributed by atoms with Crippen LogP contribution in [-0.2, 0) is 4.74 Å². The summed E-state index contributed by atoms with van der Waals surface area (Å²) in [6.45, 7) is 1.16. The minimum Gasteiger partial charge on any atom is -0.478 e. The van der Waals surface area contributed by atoms with Gasteiger partial charge in [-0.25, -0.2) is 9.59 Å². The number of carbonyl (C=O) groups excluding carboxylic acids is 1. The molecule has 2 aliphatic heterocycles. The van der Waals surface area contributed by atoms with E-state index in [1.54, 1.807) is 4.90 Å². The number of rotatable bonds is 2. The van der Waals surface area contributed by atoms with Gasteiger partial charge in [-0.3, -0.25) is 4.98 Å². The molecular weight excluding hydrogens is 262 g/mol. The van der Waals surface area contributed by atoms with E-state index in [0.29, 0.717) is 18.8 Å². The Kier molecular flexibility index (Phi) is 3.27. The zero-order valence-corrected chi connectivity index (χ0v) is 10.8. The van der Waals surface area contributed by atoms with Crippen molar-refractivity contribution in [1.82, 2.24) is 9.88 Å². The second-order valence-corrected chi connectivity index (χ2v) is 5.06. The van der Waals surface area contributed by atoms with Gasteiger partial charge in [0, 0.05) is 19.3 Å². The van der Waals surface area contributed by atoms with E-state index in [4.69, 9.17) is 9.84 Å². The van der Waals surface area contributed by atoms with Gasteiger partial charge < -0.3 is 20.1 Å². The van der Waals surface area contributed by atoms with Crippen LogP contribution in [0.2, 0.25) is 0 Å². The number of likely N-dealkylation sites (tertiary alicyclic amines) is 1. The minimum absolute atomic E-state index is 0.0462. The number of ether oxygens (including phenoxy) is 1. The molecule has 7 heteroatoms. The maximum Gasteiger partial charge on any atom is 0.337 e. The van der Waals surface area contributed by atoms with Crippen LogP contribution in [0, 0.1) is 0 Å². The molecule has 0 aliphatic carbocycles. The fourth-order valence-electron chi connectivity index (χ4n) is 2.61. The Balaban J connectivity index is 1.67. The van der Waals surface area contributed by atoms with Crippen LogP contribution in [0.1, 0.15) is 23.2 Å². The van der Waals surface area contributed by atoms with Crippen molar-refractivity contribution >= 4 is 17.7 Å². The Morgan fingerprint density at radius 1 is 1.30 bits per heavy atom. The quantitative estimate of drug-likeness (QED) is 0.846. The van der Waals surface area contributed by atoms with Gasteiger partial charge in [-0.15, -0.1) is 0 Å². The fourth-order valence-corrected chi connectivity index (χ4v) is 2.61. The van der Waals surface area contributed by atoms with Crippen molar-refractivity contribution in [1.29, 1.82) is 0 Å². The number of hydrogen-bond acceptors (Lipinski definition) is 4. The van der Waals surface area contributed by atoms with Gasteiger partial charge in [-0.2, -0.15) is 0 Å². The van der Waals surface area contributed by atoms with Crippen LogP contribution in [0.5, 0.6) is 0 Å². The van der Waals surface area contributed by atoms with E-state index >= 15 is 0 Å². The number of pyridine rings is 1. The highest BCUT2D eigenvalue weighted by Crippen LogP contribution is 2.26. The van der Waals surface area contributed by atoms with E-state index in [1.165, 1.54) is 18.5 Å². The fraction of sp³-hybridized carbons (Fsp3) is 0.462. The van der Waals surface area contributed by atoms with Crippen LogP contribution in [0.15, 0.2) is 18.5 Å². The molecule has 0 spiro atoms. The molecule has 1 aromatic rings. The second kappa shape index (κ2) is 5.09.